The van der Waals surface area contributed by atoms with E-state index >= 15 is 0 Å². The lowest BCUT2D eigenvalue weighted by molar-refractivity contribution is 0.0271. The summed E-state index contributed by atoms with van der Waals surface area (Å²) in [6, 6.07) is 8.08. The summed E-state index contributed by atoms with van der Waals surface area (Å²) in [6.07, 6.45) is 2.55. The molecule has 0 saturated carbocycles. The van der Waals surface area contributed by atoms with Crippen molar-refractivity contribution in [2.24, 2.45) is 5.92 Å². The molecule has 4 nitrogen and oxygen atoms in total. The number of hydrogen-bond donors (Lipinski definition) is 0. The number of likely N-dealkylation sites (N-methyl/N-ethyl adjacent to an activating group) is 1. The molecule has 0 bridgehead atoms. The molecular weight excluding hydrogens is 300 g/mol. The third kappa shape index (κ3) is 4.81. The smallest absolute Gasteiger partial charge is 0.253 e. The summed E-state index contributed by atoms with van der Waals surface area (Å²) in [5.74, 6) is 0.535. The third-order valence-corrected chi connectivity index (χ3v) is 5.17. The molecule has 1 aliphatic rings. The van der Waals surface area contributed by atoms with Gasteiger partial charge < -0.3 is 14.5 Å². The van der Waals surface area contributed by atoms with E-state index in [1.54, 1.807) is 7.11 Å². The summed E-state index contributed by atoms with van der Waals surface area (Å²) in [7, 11) is 3.74. The van der Waals surface area contributed by atoms with Gasteiger partial charge in [0.2, 0.25) is 0 Å². The highest BCUT2D eigenvalue weighted by atomic mass is 16.5. The van der Waals surface area contributed by atoms with Crippen molar-refractivity contribution in [2.75, 3.05) is 33.8 Å². The first kappa shape index (κ1) is 18.9. The maximum Gasteiger partial charge on any atom is 0.253 e. The van der Waals surface area contributed by atoms with E-state index in [9.17, 15) is 4.79 Å². The fourth-order valence-electron chi connectivity index (χ4n) is 3.50. The zero-order valence-corrected chi connectivity index (χ0v) is 15.8. The summed E-state index contributed by atoms with van der Waals surface area (Å²) in [6.45, 7) is 9.46. The van der Waals surface area contributed by atoms with E-state index in [0.29, 0.717) is 12.0 Å². The minimum Gasteiger partial charge on any atom is -0.381 e. The summed E-state index contributed by atoms with van der Waals surface area (Å²) in [4.78, 5) is 17.3. The minimum absolute atomic E-state index is 0.115. The van der Waals surface area contributed by atoms with Crippen LogP contribution in [0, 0.1) is 12.8 Å². The first-order chi connectivity index (χ1) is 11.4. The molecule has 4 heteroatoms. The highest BCUT2D eigenvalue weighted by molar-refractivity contribution is 5.94. The number of amides is 1. The molecule has 1 atom stereocenters. The number of ether oxygens (including phenoxy) is 1. The topological polar surface area (TPSA) is 32.8 Å². The van der Waals surface area contributed by atoms with Crippen molar-refractivity contribution in [3.63, 3.8) is 0 Å². The average Bonchev–Trinajstić information content (AvgIpc) is 2.58. The van der Waals surface area contributed by atoms with Crippen LogP contribution in [0.15, 0.2) is 24.3 Å². The molecule has 1 aliphatic heterocycles. The highest BCUT2D eigenvalue weighted by Crippen LogP contribution is 2.19. The lowest BCUT2D eigenvalue weighted by atomic mass is 9.99. The summed E-state index contributed by atoms with van der Waals surface area (Å²) < 4.78 is 5.46. The van der Waals surface area contributed by atoms with Gasteiger partial charge in [0.15, 0.2) is 0 Å². The van der Waals surface area contributed by atoms with E-state index < -0.39 is 0 Å². The lowest BCUT2D eigenvalue weighted by Gasteiger charge is -2.38. The van der Waals surface area contributed by atoms with Crippen LogP contribution >= 0.6 is 0 Å². The van der Waals surface area contributed by atoms with Crippen LogP contribution in [0.1, 0.15) is 42.6 Å². The largest absolute Gasteiger partial charge is 0.381 e. The van der Waals surface area contributed by atoms with Gasteiger partial charge >= 0.3 is 0 Å². The Bertz CT molecular complexity index is 536. The first-order valence-corrected chi connectivity index (χ1v) is 9.01. The van der Waals surface area contributed by atoms with Crippen molar-refractivity contribution >= 4 is 5.91 Å². The Labute approximate surface area is 146 Å². The molecule has 1 heterocycles. The quantitative estimate of drug-likeness (QED) is 0.802. The van der Waals surface area contributed by atoms with Gasteiger partial charge in [0, 0.05) is 45.4 Å². The molecule has 1 aromatic carbocycles. The Balaban J connectivity index is 2.02. The molecule has 134 valence electrons. The number of nitrogens with zero attached hydrogens (tertiary/aromatic N) is 2. The van der Waals surface area contributed by atoms with Crippen LogP contribution in [0.5, 0.6) is 0 Å². The minimum atomic E-state index is 0.115. The number of benzene rings is 1. The molecule has 2 rings (SSSR count). The maximum atomic E-state index is 12.9. The molecule has 0 spiro atoms. The van der Waals surface area contributed by atoms with Crippen LogP contribution in [-0.4, -0.2) is 61.6 Å². The van der Waals surface area contributed by atoms with Crippen LogP contribution in [0.25, 0.3) is 0 Å². The van der Waals surface area contributed by atoms with E-state index in [4.69, 9.17) is 4.74 Å². The van der Waals surface area contributed by atoms with Crippen LogP contribution in [0.3, 0.4) is 0 Å². The Morgan fingerprint density at radius 1 is 1.33 bits per heavy atom. The predicted molar refractivity (Wildman–Crippen MR) is 98.4 cm³/mol. The lowest BCUT2D eigenvalue weighted by Crippen LogP contribution is -2.50. The van der Waals surface area contributed by atoms with E-state index in [2.05, 4.69) is 18.7 Å². The van der Waals surface area contributed by atoms with Gasteiger partial charge in [-0.3, -0.25) is 4.79 Å². The zero-order chi connectivity index (χ0) is 17.7. The fourth-order valence-corrected chi connectivity index (χ4v) is 3.50. The highest BCUT2D eigenvalue weighted by Gasteiger charge is 2.28. The van der Waals surface area contributed by atoms with Crippen LogP contribution in [0.2, 0.25) is 0 Å². The number of methoxy groups -OCH3 is 1. The van der Waals surface area contributed by atoms with Crippen LogP contribution in [-0.2, 0) is 4.74 Å². The molecule has 0 radical (unpaired) electrons. The molecule has 0 aliphatic carbocycles. The molecule has 1 saturated heterocycles. The number of carbonyl (C=O) groups excluding carboxylic acids is 1. The van der Waals surface area contributed by atoms with E-state index in [-0.39, 0.29) is 11.9 Å². The Morgan fingerprint density at radius 3 is 2.54 bits per heavy atom. The monoisotopic (exact) mass is 332 g/mol. The Kier molecular flexibility index (Phi) is 6.81. The molecule has 1 aromatic rings. The summed E-state index contributed by atoms with van der Waals surface area (Å²) in [5, 5.41) is 0. The van der Waals surface area contributed by atoms with Crippen molar-refractivity contribution < 1.29 is 9.53 Å². The third-order valence-electron chi connectivity index (χ3n) is 5.17. The average molecular weight is 332 g/mol. The van der Waals surface area contributed by atoms with Crippen molar-refractivity contribution in [1.29, 1.82) is 0 Å². The van der Waals surface area contributed by atoms with Gasteiger partial charge in [-0.05, 0) is 37.8 Å². The van der Waals surface area contributed by atoms with Crippen molar-refractivity contribution in [2.45, 2.75) is 45.8 Å². The van der Waals surface area contributed by atoms with Gasteiger partial charge in [-0.1, -0.05) is 31.5 Å². The van der Waals surface area contributed by atoms with E-state index in [0.717, 1.165) is 43.6 Å². The molecule has 0 aromatic heterocycles. The molecule has 24 heavy (non-hydrogen) atoms. The van der Waals surface area contributed by atoms with Gasteiger partial charge in [0.1, 0.15) is 0 Å². The van der Waals surface area contributed by atoms with Crippen LogP contribution in [0.4, 0.5) is 0 Å². The number of likely N-dealkylation sites (tertiary alicyclic amines) is 1. The van der Waals surface area contributed by atoms with E-state index in [1.807, 2.05) is 43.1 Å². The van der Waals surface area contributed by atoms with E-state index in [1.165, 1.54) is 0 Å². The van der Waals surface area contributed by atoms with Gasteiger partial charge in [0.25, 0.3) is 5.91 Å². The summed E-state index contributed by atoms with van der Waals surface area (Å²) >= 11 is 0. The first-order valence-electron chi connectivity index (χ1n) is 9.01. The second kappa shape index (κ2) is 8.63. The maximum absolute atomic E-state index is 12.9. The van der Waals surface area contributed by atoms with Gasteiger partial charge in [-0.2, -0.15) is 0 Å². The molecule has 0 N–H and O–H groups in total. The number of hydrogen-bond acceptors (Lipinski definition) is 3. The van der Waals surface area contributed by atoms with Gasteiger partial charge in [0.05, 0.1) is 6.10 Å². The molecular formula is C20H32N2O2. The van der Waals surface area contributed by atoms with Crippen molar-refractivity contribution in [3.05, 3.63) is 35.4 Å². The zero-order valence-electron chi connectivity index (χ0n) is 15.8. The number of piperidine rings is 1. The van der Waals surface area contributed by atoms with Crippen molar-refractivity contribution in [1.82, 2.24) is 9.80 Å². The summed E-state index contributed by atoms with van der Waals surface area (Å²) in [5.41, 5.74) is 1.90. The fraction of sp³-hybridized carbons (Fsp3) is 0.650. The second-order valence-electron chi connectivity index (χ2n) is 7.33. The van der Waals surface area contributed by atoms with Crippen LogP contribution < -0.4 is 0 Å². The Morgan fingerprint density at radius 2 is 2.00 bits per heavy atom. The molecule has 1 fully saturated rings. The molecule has 1 amide bonds. The van der Waals surface area contributed by atoms with Gasteiger partial charge in [-0.25, -0.2) is 0 Å². The Hall–Kier alpha value is -1.39. The number of rotatable bonds is 6. The standard InChI is InChI=1S/C20H32N2O2/c1-15(2)19(14-22-11-9-18(24-5)10-12-22)21(4)20(23)17-8-6-7-16(3)13-17/h6-8,13,15,18-19H,9-12,14H2,1-5H3/t19-/m1/s1. The number of carbonyl (C=O) groups is 1. The SMILES string of the molecule is COC1CCN(C[C@H](C(C)C)N(C)C(=O)c2cccc(C)c2)CC1. The molecule has 0 unspecified atom stereocenters. The van der Waals surface area contributed by atoms with Gasteiger partial charge in [-0.15, -0.1) is 0 Å². The van der Waals surface area contributed by atoms with Crippen molar-refractivity contribution in [3.8, 4) is 0 Å². The predicted octanol–water partition coefficient (Wildman–Crippen LogP) is 3.20. The second-order valence-corrected chi connectivity index (χ2v) is 7.33. The number of aryl methyl sites for hydroxylation is 1. The normalized spacial score (nSPS) is 17.9.